The maximum atomic E-state index is 11.2. The third kappa shape index (κ3) is 4.37. The molecule has 4 nitrogen and oxygen atoms in total. The van der Waals surface area contributed by atoms with Gasteiger partial charge in [-0.25, -0.2) is 4.79 Å². The summed E-state index contributed by atoms with van der Waals surface area (Å²) in [6, 6.07) is 3.22. The smallest absolute Gasteiger partial charge is 0.335 e. The lowest BCUT2D eigenvalue weighted by atomic mass is 9.79. The van der Waals surface area contributed by atoms with Gasteiger partial charge < -0.3 is 16.2 Å². The van der Waals surface area contributed by atoms with Crippen molar-refractivity contribution in [2.75, 3.05) is 5.73 Å². The fraction of sp³-hybridized carbons (Fsp3) is 0.562. The van der Waals surface area contributed by atoms with E-state index < -0.39 is 5.97 Å². The number of carboxylic acid groups (broad SMARTS) is 1. The highest BCUT2D eigenvalue weighted by Crippen LogP contribution is 2.32. The molecule has 1 aliphatic carbocycles. The Hall–Kier alpha value is -0.780. The fourth-order valence-corrected chi connectivity index (χ4v) is 3.61. The number of halogens is 2. The van der Waals surface area contributed by atoms with Crippen LogP contribution in [0.15, 0.2) is 16.6 Å². The van der Waals surface area contributed by atoms with Crippen LogP contribution in [0.4, 0.5) is 5.69 Å². The van der Waals surface area contributed by atoms with Crippen molar-refractivity contribution in [3.05, 3.63) is 27.7 Å². The third-order valence-electron chi connectivity index (χ3n) is 4.60. The number of anilines is 1. The molecule has 1 fully saturated rings. The van der Waals surface area contributed by atoms with E-state index in [0.29, 0.717) is 16.7 Å². The highest BCUT2D eigenvalue weighted by Gasteiger charge is 2.29. The van der Waals surface area contributed by atoms with Crippen LogP contribution in [0.3, 0.4) is 0 Å². The Morgan fingerprint density at radius 1 is 1.36 bits per heavy atom. The van der Waals surface area contributed by atoms with Gasteiger partial charge in [0.2, 0.25) is 0 Å². The van der Waals surface area contributed by atoms with Crippen LogP contribution in [-0.4, -0.2) is 16.6 Å². The molecule has 0 radical (unpaired) electrons. The van der Waals surface area contributed by atoms with Crippen molar-refractivity contribution < 1.29 is 9.90 Å². The maximum Gasteiger partial charge on any atom is 0.335 e. The topological polar surface area (TPSA) is 75.3 Å². The molecule has 0 atom stereocenters. The number of nitrogens with two attached hydrogens (primary N) is 1. The lowest BCUT2D eigenvalue weighted by Crippen LogP contribution is -2.45. The van der Waals surface area contributed by atoms with Crippen molar-refractivity contribution in [3.63, 3.8) is 0 Å². The zero-order valence-electron chi connectivity index (χ0n) is 12.8. The molecule has 0 spiro atoms. The second kappa shape index (κ2) is 8.18. The normalized spacial score (nSPS) is 16.8. The van der Waals surface area contributed by atoms with E-state index in [2.05, 4.69) is 28.2 Å². The van der Waals surface area contributed by atoms with Crippen LogP contribution in [0.25, 0.3) is 0 Å². The zero-order chi connectivity index (χ0) is 15.5. The number of hydrogen-bond donors (Lipinski definition) is 3. The number of hydrogen-bond acceptors (Lipinski definition) is 3. The van der Waals surface area contributed by atoms with Crippen LogP contribution in [-0.2, 0) is 6.54 Å². The van der Waals surface area contributed by atoms with Crippen molar-refractivity contribution in [1.29, 1.82) is 0 Å². The quantitative estimate of drug-likeness (QED) is 0.652. The predicted octanol–water partition coefficient (Wildman–Crippen LogP) is 4.35. The van der Waals surface area contributed by atoms with Crippen LogP contribution in [0.1, 0.15) is 61.4 Å². The summed E-state index contributed by atoms with van der Waals surface area (Å²) < 4.78 is 0.647. The molecule has 1 aromatic rings. The first-order chi connectivity index (χ1) is 9.97. The Balaban J connectivity index is 0.00000242. The van der Waals surface area contributed by atoms with Gasteiger partial charge in [-0.2, -0.15) is 0 Å². The van der Waals surface area contributed by atoms with Gasteiger partial charge in [-0.1, -0.05) is 26.2 Å². The molecule has 0 saturated heterocycles. The molecule has 124 valence electrons. The lowest BCUT2D eigenvalue weighted by molar-refractivity contribution is 0.0696. The number of carbonyl (C=O) groups is 1. The summed E-state index contributed by atoms with van der Waals surface area (Å²) in [6.45, 7) is 2.82. The molecule has 0 amide bonds. The summed E-state index contributed by atoms with van der Waals surface area (Å²) in [4.78, 5) is 11.2. The van der Waals surface area contributed by atoms with E-state index in [1.807, 2.05) is 0 Å². The standard InChI is InChI=1S/C16H23BrN2O2.ClH/c1-2-16(6-4-3-5-7-16)19-10-12-8-11(15(20)21)9-13(17)14(12)18;/h8-9,19H,2-7,10,18H2,1H3,(H,20,21);1H. The van der Waals surface area contributed by atoms with Gasteiger partial charge in [0, 0.05) is 16.6 Å². The highest BCUT2D eigenvalue weighted by atomic mass is 79.9. The number of nitrogens with one attached hydrogen (secondary N) is 1. The molecule has 1 aromatic carbocycles. The van der Waals surface area contributed by atoms with Crippen molar-refractivity contribution in [2.45, 2.75) is 57.5 Å². The van der Waals surface area contributed by atoms with E-state index in [0.717, 1.165) is 12.0 Å². The van der Waals surface area contributed by atoms with Crippen molar-refractivity contribution in [3.8, 4) is 0 Å². The minimum absolute atomic E-state index is 0. The average molecular weight is 392 g/mol. The summed E-state index contributed by atoms with van der Waals surface area (Å²) in [5.41, 5.74) is 7.98. The largest absolute Gasteiger partial charge is 0.478 e. The second-order valence-corrected chi connectivity index (χ2v) is 6.74. The fourth-order valence-electron chi connectivity index (χ4n) is 3.11. The van der Waals surface area contributed by atoms with Crippen LogP contribution in [0.5, 0.6) is 0 Å². The van der Waals surface area contributed by atoms with Gasteiger partial charge in [0.15, 0.2) is 0 Å². The molecule has 0 unspecified atom stereocenters. The highest BCUT2D eigenvalue weighted by molar-refractivity contribution is 9.10. The van der Waals surface area contributed by atoms with Gasteiger partial charge in [0.25, 0.3) is 0 Å². The summed E-state index contributed by atoms with van der Waals surface area (Å²) in [6.07, 6.45) is 7.29. The van der Waals surface area contributed by atoms with Crippen LogP contribution in [0, 0.1) is 0 Å². The third-order valence-corrected chi connectivity index (χ3v) is 5.26. The predicted molar refractivity (Wildman–Crippen MR) is 95.7 cm³/mol. The van der Waals surface area contributed by atoms with Crippen LogP contribution >= 0.6 is 28.3 Å². The molecule has 0 aliphatic heterocycles. The molecule has 2 rings (SSSR count). The van der Waals surface area contributed by atoms with E-state index >= 15 is 0 Å². The summed E-state index contributed by atoms with van der Waals surface area (Å²) >= 11 is 3.35. The Morgan fingerprint density at radius 2 is 2.00 bits per heavy atom. The second-order valence-electron chi connectivity index (χ2n) is 5.88. The summed E-state index contributed by atoms with van der Waals surface area (Å²) in [5, 5.41) is 12.8. The first-order valence-corrected chi connectivity index (χ1v) is 8.33. The van der Waals surface area contributed by atoms with E-state index in [9.17, 15) is 4.79 Å². The van der Waals surface area contributed by atoms with Crippen molar-refractivity contribution in [2.24, 2.45) is 0 Å². The molecule has 1 saturated carbocycles. The molecular formula is C16H24BrClN2O2. The number of nitrogen functional groups attached to an aromatic ring is 1. The van der Waals surface area contributed by atoms with Gasteiger partial charge in [-0.05, 0) is 52.9 Å². The lowest BCUT2D eigenvalue weighted by Gasteiger charge is -2.38. The van der Waals surface area contributed by atoms with Crippen LogP contribution < -0.4 is 11.1 Å². The number of aromatic carboxylic acids is 1. The van der Waals surface area contributed by atoms with E-state index in [4.69, 9.17) is 10.8 Å². The minimum atomic E-state index is -0.931. The Bertz CT molecular complexity index is 531. The SMILES string of the molecule is CCC1(NCc2cc(C(=O)O)cc(Br)c2N)CCCCC1.Cl. The Kier molecular flexibility index (Phi) is 7.16. The molecule has 0 aromatic heterocycles. The molecular weight excluding hydrogens is 368 g/mol. The van der Waals surface area contributed by atoms with Gasteiger partial charge in [-0.15, -0.1) is 12.4 Å². The monoisotopic (exact) mass is 390 g/mol. The zero-order valence-corrected chi connectivity index (χ0v) is 15.2. The first kappa shape index (κ1) is 19.3. The van der Waals surface area contributed by atoms with Gasteiger partial charge in [-0.3, -0.25) is 0 Å². The summed E-state index contributed by atoms with van der Waals surface area (Å²) in [7, 11) is 0. The van der Waals surface area contributed by atoms with Gasteiger partial charge in [0.1, 0.15) is 0 Å². The molecule has 6 heteroatoms. The van der Waals surface area contributed by atoms with Crippen molar-refractivity contribution >= 4 is 40.0 Å². The Labute approximate surface area is 146 Å². The average Bonchev–Trinajstić information content (AvgIpc) is 2.49. The summed E-state index contributed by atoms with van der Waals surface area (Å²) in [5.74, 6) is -0.931. The molecule has 4 N–H and O–H groups in total. The van der Waals surface area contributed by atoms with E-state index in [-0.39, 0.29) is 23.5 Å². The maximum absolute atomic E-state index is 11.2. The van der Waals surface area contributed by atoms with Crippen molar-refractivity contribution in [1.82, 2.24) is 5.32 Å². The van der Waals surface area contributed by atoms with E-state index in [1.165, 1.54) is 32.1 Å². The van der Waals surface area contributed by atoms with Gasteiger partial charge >= 0.3 is 5.97 Å². The molecule has 0 bridgehead atoms. The van der Waals surface area contributed by atoms with E-state index in [1.54, 1.807) is 12.1 Å². The van der Waals surface area contributed by atoms with Gasteiger partial charge in [0.05, 0.1) is 11.3 Å². The number of rotatable bonds is 5. The molecule has 1 aliphatic rings. The van der Waals surface area contributed by atoms with Crippen LogP contribution in [0.2, 0.25) is 0 Å². The first-order valence-electron chi connectivity index (χ1n) is 7.53. The molecule has 0 heterocycles. The molecule has 22 heavy (non-hydrogen) atoms. The number of benzene rings is 1. The Morgan fingerprint density at radius 3 is 2.55 bits per heavy atom. The number of carboxylic acids is 1. The minimum Gasteiger partial charge on any atom is -0.478 e.